The van der Waals surface area contributed by atoms with E-state index in [0.717, 1.165) is 0 Å². The first-order valence-corrected chi connectivity index (χ1v) is 5.73. The Labute approximate surface area is 97.5 Å². The maximum Gasteiger partial charge on any atom is 0.0456 e. The maximum atomic E-state index is 3.28. The van der Waals surface area contributed by atoms with Crippen LogP contribution in [0, 0.1) is 6.92 Å². The van der Waals surface area contributed by atoms with Crippen LogP contribution in [-0.2, 0) is 5.41 Å². The van der Waals surface area contributed by atoms with Crippen LogP contribution in [0.4, 0.5) is 0 Å². The Morgan fingerprint density at radius 1 is 1.00 bits per heavy atom. The van der Waals surface area contributed by atoms with E-state index in [2.05, 4.69) is 63.0 Å². The number of benzene rings is 1. The van der Waals surface area contributed by atoms with Crippen molar-refractivity contribution in [3.05, 3.63) is 47.7 Å². The van der Waals surface area contributed by atoms with Crippen molar-refractivity contribution >= 4 is 0 Å². The largest absolute Gasteiger partial charge is 0.361 e. The second-order valence-electron chi connectivity index (χ2n) is 5.42. The molecule has 0 fully saturated rings. The molecule has 0 saturated carbocycles. The third-order valence-corrected chi connectivity index (χ3v) is 2.89. The number of rotatable bonds is 1. The Morgan fingerprint density at radius 3 is 2.06 bits per heavy atom. The van der Waals surface area contributed by atoms with Gasteiger partial charge in [-0.25, -0.2) is 0 Å². The zero-order valence-corrected chi connectivity index (χ0v) is 10.5. The highest BCUT2D eigenvalue weighted by atomic mass is 14.7. The van der Waals surface area contributed by atoms with Crippen molar-refractivity contribution < 1.29 is 0 Å². The van der Waals surface area contributed by atoms with Crippen molar-refractivity contribution in [2.75, 3.05) is 0 Å². The molecule has 0 atom stereocenters. The fourth-order valence-electron chi connectivity index (χ4n) is 1.82. The minimum absolute atomic E-state index is 0.226. The van der Waals surface area contributed by atoms with Crippen molar-refractivity contribution in [1.29, 1.82) is 0 Å². The highest BCUT2D eigenvalue weighted by molar-refractivity contribution is 5.60. The molecular weight excluding hydrogens is 194 g/mol. The van der Waals surface area contributed by atoms with Crippen LogP contribution in [0.5, 0.6) is 0 Å². The molecule has 0 saturated heterocycles. The van der Waals surface area contributed by atoms with Gasteiger partial charge < -0.3 is 4.98 Å². The molecule has 16 heavy (non-hydrogen) atoms. The summed E-state index contributed by atoms with van der Waals surface area (Å²) in [5, 5.41) is 0. The maximum absolute atomic E-state index is 3.28. The summed E-state index contributed by atoms with van der Waals surface area (Å²) in [4.78, 5) is 3.28. The van der Waals surface area contributed by atoms with Crippen LogP contribution in [0.1, 0.15) is 31.9 Å². The van der Waals surface area contributed by atoms with Crippen molar-refractivity contribution in [3.63, 3.8) is 0 Å². The van der Waals surface area contributed by atoms with E-state index < -0.39 is 0 Å². The monoisotopic (exact) mass is 213 g/mol. The quantitative estimate of drug-likeness (QED) is 0.727. The van der Waals surface area contributed by atoms with Gasteiger partial charge in [0.15, 0.2) is 0 Å². The third kappa shape index (κ3) is 2.19. The molecule has 0 radical (unpaired) electrons. The molecule has 1 nitrogen and oxygen atoms in total. The molecule has 0 amide bonds. The average Bonchev–Trinajstić information content (AvgIpc) is 2.64. The van der Waals surface area contributed by atoms with Gasteiger partial charge >= 0.3 is 0 Å². The van der Waals surface area contributed by atoms with Gasteiger partial charge in [0, 0.05) is 11.9 Å². The molecule has 1 aromatic heterocycles. The number of aromatic nitrogens is 1. The van der Waals surface area contributed by atoms with E-state index in [-0.39, 0.29) is 5.41 Å². The molecule has 0 aliphatic carbocycles. The molecule has 2 aromatic rings. The average molecular weight is 213 g/mol. The lowest BCUT2D eigenvalue weighted by atomic mass is 9.86. The first kappa shape index (κ1) is 11.0. The van der Waals surface area contributed by atoms with Crippen LogP contribution >= 0.6 is 0 Å². The van der Waals surface area contributed by atoms with Gasteiger partial charge in [-0.3, -0.25) is 0 Å². The van der Waals surface area contributed by atoms with Gasteiger partial charge in [0.1, 0.15) is 0 Å². The summed E-state index contributed by atoms with van der Waals surface area (Å²) >= 11 is 0. The Bertz CT molecular complexity index is 469. The smallest absolute Gasteiger partial charge is 0.0456 e. The SMILES string of the molecule is Cc1c[nH]c(-c2ccc(C(C)(C)C)cc2)c1. The molecule has 1 heteroatoms. The minimum Gasteiger partial charge on any atom is -0.361 e. The van der Waals surface area contributed by atoms with Crippen LogP contribution in [0.3, 0.4) is 0 Å². The lowest BCUT2D eigenvalue weighted by Gasteiger charge is -2.19. The van der Waals surface area contributed by atoms with E-state index in [9.17, 15) is 0 Å². The van der Waals surface area contributed by atoms with E-state index in [0.29, 0.717) is 0 Å². The molecule has 1 N–H and O–H groups in total. The predicted octanol–water partition coefficient (Wildman–Crippen LogP) is 4.29. The van der Waals surface area contributed by atoms with E-state index in [4.69, 9.17) is 0 Å². The number of nitrogens with one attached hydrogen (secondary N) is 1. The molecule has 0 unspecified atom stereocenters. The molecule has 2 rings (SSSR count). The molecule has 84 valence electrons. The minimum atomic E-state index is 0.226. The molecule has 0 aliphatic heterocycles. The second-order valence-corrected chi connectivity index (χ2v) is 5.42. The highest BCUT2D eigenvalue weighted by Gasteiger charge is 2.13. The highest BCUT2D eigenvalue weighted by Crippen LogP contribution is 2.25. The predicted molar refractivity (Wildman–Crippen MR) is 69.7 cm³/mol. The summed E-state index contributed by atoms with van der Waals surface area (Å²) in [6, 6.07) is 11.0. The standard InChI is InChI=1S/C15H19N/c1-11-9-14(16-10-11)12-5-7-13(8-6-12)15(2,3)4/h5-10,16H,1-4H3. The van der Waals surface area contributed by atoms with Crippen LogP contribution in [-0.4, -0.2) is 4.98 Å². The summed E-state index contributed by atoms with van der Waals surface area (Å²) in [5.41, 5.74) is 5.32. The lowest BCUT2D eigenvalue weighted by Crippen LogP contribution is -2.10. The van der Waals surface area contributed by atoms with Gasteiger partial charge in [0.05, 0.1) is 0 Å². The molecule has 0 aliphatic rings. The van der Waals surface area contributed by atoms with Crippen molar-refractivity contribution in [2.45, 2.75) is 33.1 Å². The van der Waals surface area contributed by atoms with Gasteiger partial charge in [-0.05, 0) is 35.1 Å². The van der Waals surface area contributed by atoms with Crippen LogP contribution in [0.2, 0.25) is 0 Å². The van der Waals surface area contributed by atoms with E-state index in [1.54, 1.807) is 0 Å². The summed E-state index contributed by atoms with van der Waals surface area (Å²) in [6.45, 7) is 8.81. The summed E-state index contributed by atoms with van der Waals surface area (Å²) in [5.74, 6) is 0. The summed E-state index contributed by atoms with van der Waals surface area (Å²) < 4.78 is 0. The normalized spacial score (nSPS) is 11.8. The topological polar surface area (TPSA) is 15.8 Å². The van der Waals surface area contributed by atoms with E-state index in [1.807, 2.05) is 6.20 Å². The van der Waals surface area contributed by atoms with Crippen molar-refractivity contribution in [2.24, 2.45) is 0 Å². The van der Waals surface area contributed by atoms with Crippen molar-refractivity contribution in [1.82, 2.24) is 4.98 Å². The molecule has 1 aromatic carbocycles. The summed E-state index contributed by atoms with van der Waals surface area (Å²) in [6.07, 6.45) is 2.03. The van der Waals surface area contributed by atoms with Crippen LogP contribution < -0.4 is 0 Å². The Hall–Kier alpha value is -1.50. The van der Waals surface area contributed by atoms with Gasteiger partial charge in [-0.15, -0.1) is 0 Å². The molecule has 0 bridgehead atoms. The number of aryl methyl sites for hydroxylation is 1. The number of aromatic amines is 1. The lowest BCUT2D eigenvalue weighted by molar-refractivity contribution is 0.590. The fourth-order valence-corrected chi connectivity index (χ4v) is 1.82. The third-order valence-electron chi connectivity index (χ3n) is 2.89. The van der Waals surface area contributed by atoms with Gasteiger partial charge in [0.25, 0.3) is 0 Å². The van der Waals surface area contributed by atoms with E-state index in [1.165, 1.54) is 22.4 Å². The second kappa shape index (κ2) is 3.82. The van der Waals surface area contributed by atoms with E-state index >= 15 is 0 Å². The Balaban J connectivity index is 2.33. The number of H-pyrrole nitrogens is 1. The first-order chi connectivity index (χ1) is 7.47. The zero-order valence-electron chi connectivity index (χ0n) is 10.5. The Kier molecular flexibility index (Phi) is 2.63. The summed E-state index contributed by atoms with van der Waals surface area (Å²) in [7, 11) is 0. The van der Waals surface area contributed by atoms with Crippen LogP contribution in [0.25, 0.3) is 11.3 Å². The van der Waals surface area contributed by atoms with Gasteiger partial charge in [-0.2, -0.15) is 0 Å². The molecular formula is C15H19N. The fraction of sp³-hybridized carbons (Fsp3) is 0.333. The zero-order chi connectivity index (χ0) is 11.8. The Morgan fingerprint density at radius 2 is 1.62 bits per heavy atom. The number of hydrogen-bond donors (Lipinski definition) is 1. The molecule has 1 heterocycles. The molecule has 0 spiro atoms. The first-order valence-electron chi connectivity index (χ1n) is 5.73. The van der Waals surface area contributed by atoms with Gasteiger partial charge in [0.2, 0.25) is 0 Å². The number of hydrogen-bond acceptors (Lipinski definition) is 0. The van der Waals surface area contributed by atoms with Crippen LogP contribution in [0.15, 0.2) is 36.5 Å². The van der Waals surface area contributed by atoms with Crippen molar-refractivity contribution in [3.8, 4) is 11.3 Å². The van der Waals surface area contributed by atoms with Gasteiger partial charge in [-0.1, -0.05) is 45.0 Å².